The third-order valence-electron chi connectivity index (χ3n) is 4.50. The van der Waals surface area contributed by atoms with Gasteiger partial charge in [0, 0.05) is 13.1 Å². The van der Waals surface area contributed by atoms with Gasteiger partial charge in [-0.3, -0.25) is 0 Å². The zero-order chi connectivity index (χ0) is 16.9. The summed E-state index contributed by atoms with van der Waals surface area (Å²) in [4.78, 5) is 16.2. The van der Waals surface area contributed by atoms with Gasteiger partial charge in [-0.2, -0.15) is 0 Å². The summed E-state index contributed by atoms with van der Waals surface area (Å²) in [6.07, 6.45) is 0. The molecule has 2 aromatic rings. The summed E-state index contributed by atoms with van der Waals surface area (Å²) in [5, 5.41) is 19.6. The molecule has 1 saturated heterocycles. The second-order valence-corrected chi connectivity index (χ2v) is 6.01. The average Bonchev–Trinajstić information content (AvgIpc) is 2.88. The smallest absolute Gasteiger partial charge is 0.321 e. The second-order valence-electron chi connectivity index (χ2n) is 6.01. The topological polar surface area (TPSA) is 64.0 Å². The number of carbonyl (C=O) groups is 1. The maximum absolute atomic E-state index is 12.9. The molecule has 0 spiro atoms. The van der Waals surface area contributed by atoms with Gasteiger partial charge in [-0.15, -0.1) is 0 Å². The lowest BCUT2D eigenvalue weighted by Crippen LogP contribution is -2.42. The first-order valence-corrected chi connectivity index (χ1v) is 8.11. The minimum absolute atomic E-state index is 0.152. The van der Waals surface area contributed by atoms with Crippen molar-refractivity contribution < 1.29 is 15.0 Å². The van der Waals surface area contributed by atoms with Gasteiger partial charge in [-0.05, 0) is 11.1 Å². The lowest BCUT2D eigenvalue weighted by Gasteiger charge is -2.25. The molecule has 5 heteroatoms. The van der Waals surface area contributed by atoms with E-state index in [0.29, 0.717) is 13.1 Å². The third-order valence-corrected chi connectivity index (χ3v) is 4.50. The van der Waals surface area contributed by atoms with Crippen molar-refractivity contribution in [3.8, 4) is 0 Å². The Hall–Kier alpha value is -2.37. The zero-order valence-electron chi connectivity index (χ0n) is 13.5. The first-order chi connectivity index (χ1) is 11.7. The van der Waals surface area contributed by atoms with Crippen LogP contribution in [0.25, 0.3) is 0 Å². The highest BCUT2D eigenvalue weighted by atomic mass is 16.3. The molecule has 2 amide bonds. The number of urea groups is 1. The molecule has 1 aliphatic heterocycles. The molecule has 0 aromatic heterocycles. The first kappa shape index (κ1) is 16.5. The normalized spacial score (nSPS) is 20.7. The molecule has 0 saturated carbocycles. The molecule has 5 nitrogen and oxygen atoms in total. The molecule has 0 radical (unpaired) electrons. The molecule has 2 aromatic carbocycles. The minimum Gasteiger partial charge on any atom is -0.394 e. The molecule has 126 valence electrons. The Morgan fingerprint density at radius 2 is 1.08 bits per heavy atom. The fourth-order valence-electron chi connectivity index (χ4n) is 3.23. The lowest BCUT2D eigenvalue weighted by atomic mass is 10.1. The van der Waals surface area contributed by atoms with E-state index in [1.54, 1.807) is 9.80 Å². The van der Waals surface area contributed by atoms with Gasteiger partial charge in [-0.25, -0.2) is 4.79 Å². The van der Waals surface area contributed by atoms with Crippen molar-refractivity contribution in [2.24, 2.45) is 0 Å². The molecule has 0 aliphatic carbocycles. The number of carbonyl (C=O) groups excluding carboxylic acids is 1. The van der Waals surface area contributed by atoms with Crippen molar-refractivity contribution >= 4 is 6.03 Å². The highest BCUT2D eigenvalue weighted by Gasteiger charge is 2.44. The van der Waals surface area contributed by atoms with E-state index < -0.39 is 12.1 Å². The number of hydrogen-bond acceptors (Lipinski definition) is 3. The van der Waals surface area contributed by atoms with Gasteiger partial charge in [-0.1, -0.05) is 60.7 Å². The largest absolute Gasteiger partial charge is 0.394 e. The number of aliphatic hydroxyl groups is 2. The number of benzene rings is 2. The van der Waals surface area contributed by atoms with Crippen molar-refractivity contribution in [1.29, 1.82) is 0 Å². The van der Waals surface area contributed by atoms with Gasteiger partial charge in [0.05, 0.1) is 25.3 Å². The average molecular weight is 326 g/mol. The van der Waals surface area contributed by atoms with Crippen LogP contribution in [0.5, 0.6) is 0 Å². The molecule has 3 rings (SSSR count). The summed E-state index contributed by atoms with van der Waals surface area (Å²) in [7, 11) is 0. The van der Waals surface area contributed by atoms with E-state index >= 15 is 0 Å². The molecular formula is C19H22N2O3. The molecule has 1 aliphatic rings. The third kappa shape index (κ3) is 3.27. The first-order valence-electron chi connectivity index (χ1n) is 8.11. The SMILES string of the molecule is O=C1N(Cc2ccccc2)[C@H](CO)[C@@H](CO)N1Cc1ccccc1. The summed E-state index contributed by atoms with van der Waals surface area (Å²) in [6.45, 7) is 0.504. The number of rotatable bonds is 6. The van der Waals surface area contributed by atoms with Crippen LogP contribution in [0.4, 0.5) is 4.79 Å². The molecule has 2 atom stereocenters. The number of nitrogens with zero attached hydrogens (tertiary/aromatic N) is 2. The van der Waals surface area contributed by atoms with Gasteiger partial charge in [0.2, 0.25) is 0 Å². The maximum atomic E-state index is 12.9. The Balaban J connectivity index is 1.83. The van der Waals surface area contributed by atoms with Crippen LogP contribution in [-0.2, 0) is 13.1 Å². The van der Waals surface area contributed by atoms with Crippen LogP contribution >= 0.6 is 0 Å². The van der Waals surface area contributed by atoms with E-state index in [-0.39, 0.29) is 19.2 Å². The quantitative estimate of drug-likeness (QED) is 0.851. The van der Waals surface area contributed by atoms with E-state index in [1.807, 2.05) is 60.7 Å². The van der Waals surface area contributed by atoms with E-state index in [1.165, 1.54) is 0 Å². The van der Waals surface area contributed by atoms with Crippen molar-refractivity contribution in [3.05, 3.63) is 71.8 Å². The summed E-state index contributed by atoms with van der Waals surface area (Å²) in [5.74, 6) is 0. The second kappa shape index (κ2) is 7.47. The Labute approximate surface area is 141 Å². The Kier molecular flexibility index (Phi) is 5.13. The van der Waals surface area contributed by atoms with Crippen molar-refractivity contribution in [3.63, 3.8) is 0 Å². The number of amides is 2. The van der Waals surface area contributed by atoms with Crippen LogP contribution in [0.3, 0.4) is 0 Å². The summed E-state index contributed by atoms with van der Waals surface area (Å²) >= 11 is 0. The standard InChI is InChI=1S/C19H22N2O3/c22-13-17-18(14-23)21(12-16-9-5-2-6-10-16)19(24)20(17)11-15-7-3-1-4-8-15/h1-10,17-18,22-23H,11-14H2/t17-,18-/m1/s1. The zero-order valence-corrected chi connectivity index (χ0v) is 13.5. The van der Waals surface area contributed by atoms with Gasteiger partial charge >= 0.3 is 6.03 Å². The van der Waals surface area contributed by atoms with Gasteiger partial charge in [0.25, 0.3) is 0 Å². The van der Waals surface area contributed by atoms with Crippen LogP contribution in [0, 0.1) is 0 Å². The Bertz CT molecular complexity index is 605. The summed E-state index contributed by atoms with van der Waals surface area (Å²) in [5.41, 5.74) is 2.00. The number of aliphatic hydroxyl groups excluding tert-OH is 2. The maximum Gasteiger partial charge on any atom is 0.321 e. The van der Waals surface area contributed by atoms with Crippen LogP contribution in [-0.4, -0.2) is 51.3 Å². The van der Waals surface area contributed by atoms with Crippen LogP contribution < -0.4 is 0 Å². The lowest BCUT2D eigenvalue weighted by molar-refractivity contribution is 0.113. The molecule has 0 unspecified atom stereocenters. The highest BCUT2D eigenvalue weighted by molar-refractivity contribution is 5.78. The fraction of sp³-hybridized carbons (Fsp3) is 0.316. The van der Waals surface area contributed by atoms with Crippen molar-refractivity contribution in [2.45, 2.75) is 25.2 Å². The fourth-order valence-corrected chi connectivity index (χ4v) is 3.23. The van der Waals surface area contributed by atoms with Crippen LogP contribution in [0.1, 0.15) is 11.1 Å². The summed E-state index contributed by atoms with van der Waals surface area (Å²) < 4.78 is 0. The molecule has 2 N–H and O–H groups in total. The monoisotopic (exact) mass is 326 g/mol. The highest BCUT2D eigenvalue weighted by Crippen LogP contribution is 2.26. The van der Waals surface area contributed by atoms with Gasteiger partial charge < -0.3 is 20.0 Å². The van der Waals surface area contributed by atoms with Gasteiger partial charge in [0.15, 0.2) is 0 Å². The van der Waals surface area contributed by atoms with E-state index in [2.05, 4.69) is 0 Å². The molecule has 0 bridgehead atoms. The Morgan fingerprint density at radius 3 is 1.42 bits per heavy atom. The van der Waals surface area contributed by atoms with E-state index in [4.69, 9.17) is 0 Å². The van der Waals surface area contributed by atoms with Gasteiger partial charge in [0.1, 0.15) is 0 Å². The predicted octanol–water partition coefficient (Wildman–Crippen LogP) is 1.85. The van der Waals surface area contributed by atoms with Crippen LogP contribution in [0.2, 0.25) is 0 Å². The predicted molar refractivity (Wildman–Crippen MR) is 91.1 cm³/mol. The minimum atomic E-state index is -0.411. The number of hydrogen-bond donors (Lipinski definition) is 2. The molecular weight excluding hydrogens is 304 g/mol. The molecule has 1 fully saturated rings. The van der Waals surface area contributed by atoms with Crippen molar-refractivity contribution in [2.75, 3.05) is 13.2 Å². The molecule has 1 heterocycles. The van der Waals surface area contributed by atoms with Crippen molar-refractivity contribution in [1.82, 2.24) is 9.80 Å². The molecule has 24 heavy (non-hydrogen) atoms. The van der Waals surface area contributed by atoms with E-state index in [0.717, 1.165) is 11.1 Å². The van der Waals surface area contributed by atoms with E-state index in [9.17, 15) is 15.0 Å². The summed E-state index contributed by atoms with van der Waals surface area (Å²) in [6, 6.07) is 18.4. The Morgan fingerprint density at radius 1 is 0.708 bits per heavy atom. The van der Waals surface area contributed by atoms with Crippen LogP contribution in [0.15, 0.2) is 60.7 Å².